The molecule has 1 aromatic heterocycles. The Morgan fingerprint density at radius 2 is 1.97 bits per heavy atom. The van der Waals surface area contributed by atoms with Crippen molar-refractivity contribution in [3.05, 3.63) is 84.9 Å². The van der Waals surface area contributed by atoms with Gasteiger partial charge in [-0.25, -0.2) is 10.2 Å². The smallest absolute Gasteiger partial charge is 0.337 e. The minimum Gasteiger partial charge on any atom is -0.484 e. The maximum Gasteiger partial charge on any atom is 0.337 e. The van der Waals surface area contributed by atoms with E-state index in [1.165, 1.54) is 17.9 Å². The van der Waals surface area contributed by atoms with Crippen LogP contribution in [0.15, 0.2) is 58.4 Å². The fraction of sp³-hybridized carbons (Fsp3) is 0.182. The minimum atomic E-state index is -0.467. The fourth-order valence-electron chi connectivity index (χ4n) is 2.69. The molecule has 0 saturated heterocycles. The molecule has 0 aliphatic carbocycles. The van der Waals surface area contributed by atoms with Gasteiger partial charge in [-0.05, 0) is 36.8 Å². The Labute approximate surface area is 193 Å². The van der Waals surface area contributed by atoms with E-state index in [-0.39, 0.29) is 23.2 Å². The third-order valence-corrected chi connectivity index (χ3v) is 5.74. The van der Waals surface area contributed by atoms with Crippen LogP contribution in [-0.2, 0) is 16.1 Å². The number of methoxy groups -OCH3 is 1. The summed E-state index contributed by atoms with van der Waals surface area (Å²) in [6, 6.07) is 14.0. The first-order chi connectivity index (χ1) is 15.4. The number of carbonyl (C=O) groups excluding carboxylic acids is 2. The van der Waals surface area contributed by atoms with Crippen LogP contribution in [0.3, 0.4) is 0 Å². The Morgan fingerprint density at radius 3 is 2.69 bits per heavy atom. The molecule has 10 heteroatoms. The number of thiazole rings is 1. The summed E-state index contributed by atoms with van der Waals surface area (Å²) in [5, 5.41) is 4.02. The molecule has 8 nitrogen and oxygen atoms in total. The lowest BCUT2D eigenvalue weighted by Gasteiger charge is -2.06. The monoisotopic (exact) mass is 473 g/mol. The number of nitrogens with zero attached hydrogens (tertiary/aromatic N) is 2. The van der Waals surface area contributed by atoms with Crippen molar-refractivity contribution in [1.29, 1.82) is 0 Å². The van der Waals surface area contributed by atoms with Gasteiger partial charge in [0.25, 0.3) is 5.91 Å². The fourth-order valence-corrected chi connectivity index (χ4v) is 3.80. The van der Waals surface area contributed by atoms with Gasteiger partial charge < -0.3 is 9.47 Å². The number of halogens is 1. The molecule has 3 rings (SSSR count). The second-order valence-electron chi connectivity index (χ2n) is 6.70. The van der Waals surface area contributed by atoms with E-state index in [0.29, 0.717) is 21.8 Å². The average Bonchev–Trinajstić information content (AvgIpc) is 3.06. The van der Waals surface area contributed by atoms with Crippen molar-refractivity contribution in [1.82, 2.24) is 9.99 Å². The zero-order valence-corrected chi connectivity index (χ0v) is 18.9. The molecule has 1 amide bonds. The van der Waals surface area contributed by atoms with Gasteiger partial charge in [-0.1, -0.05) is 52.8 Å². The zero-order chi connectivity index (χ0) is 23.1. The molecular weight excluding hydrogens is 454 g/mol. The van der Waals surface area contributed by atoms with Gasteiger partial charge in [-0.2, -0.15) is 5.10 Å². The van der Waals surface area contributed by atoms with Crippen LogP contribution in [-0.4, -0.2) is 36.4 Å². The number of aryl methyl sites for hydroxylation is 1. The lowest BCUT2D eigenvalue weighted by atomic mass is 10.1. The van der Waals surface area contributed by atoms with Crippen LogP contribution in [0.1, 0.15) is 26.4 Å². The van der Waals surface area contributed by atoms with Gasteiger partial charge in [-0.3, -0.25) is 14.2 Å². The first-order valence-corrected chi connectivity index (χ1v) is 10.6. The van der Waals surface area contributed by atoms with Gasteiger partial charge in [0.15, 0.2) is 6.61 Å². The van der Waals surface area contributed by atoms with E-state index in [4.69, 9.17) is 21.1 Å². The molecule has 0 spiro atoms. The highest BCUT2D eigenvalue weighted by molar-refractivity contribution is 7.11. The number of rotatable bonds is 8. The van der Waals surface area contributed by atoms with Crippen molar-refractivity contribution < 1.29 is 19.1 Å². The van der Waals surface area contributed by atoms with Crippen LogP contribution in [0.25, 0.3) is 0 Å². The van der Waals surface area contributed by atoms with E-state index >= 15 is 0 Å². The maximum absolute atomic E-state index is 12.4. The average molecular weight is 474 g/mol. The van der Waals surface area contributed by atoms with Crippen molar-refractivity contribution in [2.24, 2.45) is 5.10 Å². The summed E-state index contributed by atoms with van der Waals surface area (Å²) < 4.78 is 11.4. The zero-order valence-electron chi connectivity index (χ0n) is 17.3. The SMILES string of the molecule is COC(=O)c1cccc(Cn2c(Cl)c(/C=N/NC(=O)COc3ccc(C)cc3)sc2=O)c1. The number of ether oxygens (including phenoxy) is 2. The summed E-state index contributed by atoms with van der Waals surface area (Å²) in [4.78, 5) is 36.0. The summed E-state index contributed by atoms with van der Waals surface area (Å²) in [6.07, 6.45) is 1.31. The minimum absolute atomic E-state index is 0.170. The molecule has 32 heavy (non-hydrogen) atoms. The largest absolute Gasteiger partial charge is 0.484 e. The Morgan fingerprint density at radius 1 is 1.22 bits per heavy atom. The van der Waals surface area contributed by atoms with Crippen molar-refractivity contribution in [3.8, 4) is 5.75 Å². The molecule has 0 radical (unpaired) electrons. The summed E-state index contributed by atoms with van der Waals surface area (Å²) in [5.41, 5.74) is 4.51. The molecular formula is C22H20ClN3O5S. The highest BCUT2D eigenvalue weighted by atomic mass is 35.5. The normalized spacial score (nSPS) is 10.8. The summed E-state index contributed by atoms with van der Waals surface area (Å²) >= 11 is 7.22. The second-order valence-corrected chi connectivity index (χ2v) is 8.05. The molecule has 0 aliphatic heterocycles. The topological polar surface area (TPSA) is 99.0 Å². The lowest BCUT2D eigenvalue weighted by Crippen LogP contribution is -2.24. The molecule has 1 heterocycles. The quantitative estimate of drug-likeness (QED) is 0.307. The highest BCUT2D eigenvalue weighted by Gasteiger charge is 2.13. The first-order valence-electron chi connectivity index (χ1n) is 9.45. The van der Waals surface area contributed by atoms with E-state index in [1.807, 2.05) is 19.1 Å². The van der Waals surface area contributed by atoms with Crippen LogP contribution in [0, 0.1) is 6.92 Å². The highest BCUT2D eigenvalue weighted by Crippen LogP contribution is 2.19. The molecule has 166 valence electrons. The number of nitrogens with one attached hydrogen (secondary N) is 1. The number of hydrogen-bond acceptors (Lipinski definition) is 7. The molecule has 2 aromatic carbocycles. The number of hydrazone groups is 1. The molecule has 0 fully saturated rings. The van der Waals surface area contributed by atoms with Crippen LogP contribution < -0.4 is 15.0 Å². The second kappa shape index (κ2) is 10.7. The number of benzene rings is 2. The number of amides is 1. The maximum atomic E-state index is 12.4. The third-order valence-electron chi connectivity index (χ3n) is 4.31. The Hall–Kier alpha value is -3.43. The van der Waals surface area contributed by atoms with Crippen molar-refractivity contribution in [2.75, 3.05) is 13.7 Å². The number of aromatic nitrogens is 1. The summed E-state index contributed by atoms with van der Waals surface area (Å²) in [5.74, 6) is -0.348. The Bertz CT molecular complexity index is 1200. The predicted molar refractivity (Wildman–Crippen MR) is 123 cm³/mol. The van der Waals surface area contributed by atoms with Gasteiger partial charge in [0, 0.05) is 0 Å². The van der Waals surface area contributed by atoms with E-state index in [9.17, 15) is 14.4 Å². The molecule has 3 aromatic rings. The van der Waals surface area contributed by atoms with Crippen molar-refractivity contribution >= 4 is 41.0 Å². The van der Waals surface area contributed by atoms with Gasteiger partial charge in [-0.15, -0.1) is 0 Å². The molecule has 0 aliphatic rings. The van der Waals surface area contributed by atoms with E-state index in [0.717, 1.165) is 16.9 Å². The number of hydrogen-bond donors (Lipinski definition) is 1. The Balaban J connectivity index is 1.61. The summed E-state index contributed by atoms with van der Waals surface area (Å²) in [7, 11) is 1.30. The molecule has 1 N–H and O–H groups in total. The van der Waals surface area contributed by atoms with Gasteiger partial charge in [0.1, 0.15) is 10.9 Å². The van der Waals surface area contributed by atoms with Gasteiger partial charge in [0.05, 0.1) is 30.3 Å². The molecule has 0 atom stereocenters. The predicted octanol–water partition coefficient (Wildman–Crippen LogP) is 3.24. The molecule has 0 bridgehead atoms. The van der Waals surface area contributed by atoms with Crippen LogP contribution in [0.4, 0.5) is 0 Å². The summed E-state index contributed by atoms with van der Waals surface area (Å²) in [6.45, 7) is 1.92. The van der Waals surface area contributed by atoms with Crippen molar-refractivity contribution in [3.63, 3.8) is 0 Å². The van der Waals surface area contributed by atoms with Crippen LogP contribution in [0.5, 0.6) is 5.75 Å². The number of carbonyl (C=O) groups is 2. The van der Waals surface area contributed by atoms with Crippen LogP contribution in [0.2, 0.25) is 5.15 Å². The van der Waals surface area contributed by atoms with Crippen LogP contribution >= 0.6 is 22.9 Å². The van der Waals surface area contributed by atoms with Crippen molar-refractivity contribution in [2.45, 2.75) is 13.5 Å². The lowest BCUT2D eigenvalue weighted by molar-refractivity contribution is -0.123. The van der Waals surface area contributed by atoms with E-state index in [1.54, 1.807) is 36.4 Å². The molecule has 0 saturated carbocycles. The Kier molecular flexibility index (Phi) is 7.80. The van der Waals surface area contributed by atoms with Gasteiger partial charge >= 0.3 is 10.8 Å². The standard InChI is InChI=1S/C22H20ClN3O5S/c1-14-6-8-17(9-7-14)31-13-19(27)25-24-11-18-20(23)26(22(29)32-18)12-15-4-3-5-16(10-15)21(28)30-2/h3-11H,12-13H2,1-2H3,(H,25,27)/b24-11+. The third kappa shape index (κ3) is 6.05. The van der Waals surface area contributed by atoms with Gasteiger partial charge in [0.2, 0.25) is 0 Å². The first kappa shape index (κ1) is 23.2. The van der Waals surface area contributed by atoms with E-state index < -0.39 is 11.9 Å². The molecule has 0 unspecified atom stereocenters. The van der Waals surface area contributed by atoms with E-state index in [2.05, 4.69) is 10.5 Å². The number of esters is 1.